The lowest BCUT2D eigenvalue weighted by molar-refractivity contribution is -0.379. The van der Waals surface area contributed by atoms with E-state index in [-0.39, 0.29) is 18.9 Å². The summed E-state index contributed by atoms with van der Waals surface area (Å²) < 4.78 is 34.4. The molecule has 0 aromatic carbocycles. The fourth-order valence-corrected chi connectivity index (χ4v) is 13.3. The molecule has 17 unspecified atom stereocenters. The Labute approximate surface area is 581 Å². The summed E-state index contributed by atoms with van der Waals surface area (Å²) in [5.41, 5.74) is 0. The minimum atomic E-state index is -1.98. The minimum Gasteiger partial charge on any atom is -0.394 e. The number of aliphatic hydroxyl groups excluding tert-OH is 11. The first-order chi connectivity index (χ1) is 46.8. The predicted molar refractivity (Wildman–Crippen MR) is 379 cm³/mol. The molecule has 0 spiro atoms. The molecule has 3 saturated heterocycles. The maximum absolute atomic E-state index is 13.5. The van der Waals surface area contributed by atoms with Gasteiger partial charge in [0.2, 0.25) is 5.91 Å². The second kappa shape index (κ2) is 58.5. The van der Waals surface area contributed by atoms with E-state index in [1.807, 2.05) is 6.08 Å². The van der Waals surface area contributed by atoms with E-state index in [2.05, 4.69) is 43.5 Å². The van der Waals surface area contributed by atoms with E-state index in [1.165, 1.54) is 238 Å². The molecule has 0 aromatic heterocycles. The van der Waals surface area contributed by atoms with Crippen molar-refractivity contribution in [2.45, 2.75) is 420 Å². The summed E-state index contributed by atoms with van der Waals surface area (Å²) in [6, 6.07) is -0.973. The molecule has 96 heavy (non-hydrogen) atoms. The zero-order valence-electron chi connectivity index (χ0n) is 60.1. The van der Waals surface area contributed by atoms with Gasteiger partial charge < -0.3 is 89.9 Å². The molecular weight excluding hydrogens is 1230 g/mol. The molecule has 0 aromatic rings. The van der Waals surface area contributed by atoms with Crippen molar-refractivity contribution in [1.82, 2.24) is 5.32 Å². The van der Waals surface area contributed by atoms with Crippen molar-refractivity contribution in [3.63, 3.8) is 0 Å². The Morgan fingerprint density at radius 1 is 0.375 bits per heavy atom. The van der Waals surface area contributed by atoms with Crippen molar-refractivity contribution >= 4 is 5.91 Å². The van der Waals surface area contributed by atoms with Crippen molar-refractivity contribution < 1.29 is 89.4 Å². The molecule has 3 aliphatic heterocycles. The Bertz CT molecular complexity index is 1880. The largest absolute Gasteiger partial charge is 0.394 e. The Morgan fingerprint density at radius 2 is 0.688 bits per heavy atom. The highest BCUT2D eigenvalue weighted by atomic mass is 16.8. The highest BCUT2D eigenvalue weighted by molar-refractivity contribution is 5.76. The van der Waals surface area contributed by atoms with E-state index >= 15 is 0 Å². The number of aliphatic hydroxyl groups is 11. The Balaban J connectivity index is 1.38. The predicted octanol–water partition coefficient (Wildman–Crippen LogP) is 12.3. The van der Waals surface area contributed by atoms with E-state index in [1.54, 1.807) is 6.08 Å². The molecule has 0 bridgehead atoms. The monoisotopic (exact) mass is 1370 g/mol. The zero-order valence-corrected chi connectivity index (χ0v) is 60.1. The number of ether oxygens (including phenoxy) is 6. The first kappa shape index (κ1) is 88.2. The molecular formula is C77H143NO18. The third-order valence-corrected chi connectivity index (χ3v) is 19.7. The highest BCUT2D eigenvalue weighted by Crippen LogP contribution is 2.33. The van der Waals surface area contributed by atoms with Crippen LogP contribution in [0, 0.1) is 0 Å². The number of hydrogen-bond acceptors (Lipinski definition) is 18. The summed E-state index contributed by atoms with van der Waals surface area (Å²) in [5, 5.41) is 121. The fourth-order valence-electron chi connectivity index (χ4n) is 13.3. The number of carbonyl (C=O) groups excluding carboxylic acids is 1. The molecule has 564 valence electrons. The zero-order chi connectivity index (χ0) is 69.6. The van der Waals surface area contributed by atoms with Crippen LogP contribution in [0.3, 0.4) is 0 Å². The van der Waals surface area contributed by atoms with E-state index in [0.29, 0.717) is 6.42 Å². The molecule has 19 heteroatoms. The molecule has 0 aliphatic carbocycles. The maximum Gasteiger partial charge on any atom is 0.220 e. The average Bonchev–Trinajstić information content (AvgIpc) is 0.787. The number of amides is 1. The lowest BCUT2D eigenvalue weighted by atomic mass is 9.96. The third-order valence-electron chi connectivity index (χ3n) is 19.7. The standard InChI is InChI=1S/C77H143NO18/c1-3-5-7-9-11-13-15-17-19-21-23-25-27-28-29-30-31-32-33-35-37-39-41-43-45-47-49-51-53-55-65(83)78-60(61(82)54-52-50-48-46-44-42-40-38-36-34-26-24-22-20-18-16-14-12-10-8-6-4-2)59-91-75-71(89)68(86)73(63(57-80)93-75)96-77-72(90)69(87)74(64(58-81)94-77)95-76-70(88)67(85)66(84)62(56-79)92-76/h15,17,21,23,52,54,60-64,66-77,79-82,84-90H,3-14,16,18-20,22,24-51,53,55-59H2,1-2H3,(H,78,83)/b17-15-,23-21-,54-52+. The summed E-state index contributed by atoms with van der Waals surface area (Å²) >= 11 is 0. The van der Waals surface area contributed by atoms with Crippen LogP contribution in [0.2, 0.25) is 0 Å². The number of hydrogen-bond donors (Lipinski definition) is 12. The number of carbonyl (C=O) groups is 1. The van der Waals surface area contributed by atoms with Crippen molar-refractivity contribution in [3.8, 4) is 0 Å². The number of unbranched alkanes of at least 4 members (excludes halogenated alkanes) is 42. The van der Waals surface area contributed by atoms with E-state index < -0.39 is 124 Å². The van der Waals surface area contributed by atoms with Gasteiger partial charge in [-0.15, -0.1) is 0 Å². The van der Waals surface area contributed by atoms with Crippen molar-refractivity contribution in [2.24, 2.45) is 0 Å². The van der Waals surface area contributed by atoms with E-state index in [4.69, 9.17) is 28.4 Å². The maximum atomic E-state index is 13.5. The van der Waals surface area contributed by atoms with Gasteiger partial charge in [-0.25, -0.2) is 0 Å². The quantitative estimate of drug-likeness (QED) is 0.0199. The third kappa shape index (κ3) is 38.9. The molecule has 3 heterocycles. The van der Waals surface area contributed by atoms with Gasteiger partial charge in [-0.05, 0) is 51.4 Å². The fraction of sp³-hybridized carbons (Fsp3) is 0.909. The molecule has 3 aliphatic rings. The normalized spacial score (nSPS) is 27.2. The smallest absolute Gasteiger partial charge is 0.220 e. The van der Waals surface area contributed by atoms with Crippen LogP contribution >= 0.6 is 0 Å². The topological polar surface area (TPSA) is 307 Å². The van der Waals surface area contributed by atoms with Crippen molar-refractivity contribution in [3.05, 3.63) is 36.5 Å². The van der Waals surface area contributed by atoms with Crippen LogP contribution < -0.4 is 5.32 Å². The van der Waals surface area contributed by atoms with Crippen LogP contribution in [0.5, 0.6) is 0 Å². The lowest BCUT2D eigenvalue weighted by Gasteiger charge is -2.48. The number of rotatable bonds is 62. The molecule has 3 fully saturated rings. The molecule has 12 N–H and O–H groups in total. The van der Waals surface area contributed by atoms with Crippen LogP contribution in [-0.2, 0) is 33.2 Å². The van der Waals surface area contributed by atoms with Gasteiger partial charge in [0.05, 0.1) is 38.6 Å². The molecule has 19 nitrogen and oxygen atoms in total. The first-order valence-corrected chi connectivity index (χ1v) is 39.2. The summed E-state index contributed by atoms with van der Waals surface area (Å²) in [6.45, 7) is 1.77. The summed E-state index contributed by atoms with van der Waals surface area (Å²) in [7, 11) is 0. The van der Waals surface area contributed by atoms with Gasteiger partial charge in [0.25, 0.3) is 0 Å². The van der Waals surface area contributed by atoms with Crippen LogP contribution in [0.25, 0.3) is 0 Å². The van der Waals surface area contributed by atoms with Crippen LogP contribution in [0.1, 0.15) is 316 Å². The Morgan fingerprint density at radius 3 is 1.06 bits per heavy atom. The van der Waals surface area contributed by atoms with Crippen molar-refractivity contribution in [2.75, 3.05) is 26.4 Å². The van der Waals surface area contributed by atoms with Gasteiger partial charge in [-0.2, -0.15) is 0 Å². The number of allylic oxidation sites excluding steroid dienone is 5. The van der Waals surface area contributed by atoms with E-state index in [9.17, 15) is 61.0 Å². The van der Waals surface area contributed by atoms with Gasteiger partial charge in [0, 0.05) is 6.42 Å². The van der Waals surface area contributed by atoms with Crippen molar-refractivity contribution in [1.29, 1.82) is 0 Å². The van der Waals surface area contributed by atoms with Gasteiger partial charge in [0.1, 0.15) is 73.2 Å². The second-order valence-corrected chi connectivity index (χ2v) is 28.2. The summed E-state index contributed by atoms with van der Waals surface area (Å²) in [4.78, 5) is 13.5. The Kier molecular flexibility index (Phi) is 53.8. The lowest BCUT2D eigenvalue weighted by Crippen LogP contribution is -2.66. The summed E-state index contributed by atoms with van der Waals surface area (Å²) in [6.07, 6.45) is 44.1. The molecule has 3 rings (SSSR count). The highest BCUT2D eigenvalue weighted by Gasteiger charge is 2.53. The molecule has 1 amide bonds. The van der Waals surface area contributed by atoms with Gasteiger partial charge >= 0.3 is 0 Å². The molecule has 17 atom stereocenters. The average molecular weight is 1370 g/mol. The summed E-state index contributed by atoms with van der Waals surface area (Å²) in [5.74, 6) is -0.270. The number of nitrogens with one attached hydrogen (secondary N) is 1. The minimum absolute atomic E-state index is 0.246. The van der Waals surface area contributed by atoms with Gasteiger partial charge in [-0.3, -0.25) is 4.79 Å². The Hall–Kier alpha value is -1.99. The second-order valence-electron chi connectivity index (χ2n) is 28.2. The SMILES string of the molecule is CCCCCCC/C=C\C/C=C\CCCCCCCCCCCCCCCCCCCC(=O)NC(COC1OC(CO)C(OC2OC(CO)C(OC3OC(CO)C(O)C(O)C3O)C(O)C2O)C(O)C1O)C(O)/C=C/CCCCCCCCCCCCCCCCCCCCCC. The molecule has 0 saturated carbocycles. The van der Waals surface area contributed by atoms with Gasteiger partial charge in [-0.1, -0.05) is 294 Å². The van der Waals surface area contributed by atoms with Crippen LogP contribution in [0.4, 0.5) is 0 Å². The van der Waals surface area contributed by atoms with Gasteiger partial charge in [0.15, 0.2) is 18.9 Å². The molecule has 0 radical (unpaired) electrons. The first-order valence-electron chi connectivity index (χ1n) is 39.2. The van der Waals surface area contributed by atoms with E-state index in [0.717, 1.165) is 51.4 Å². The van der Waals surface area contributed by atoms with Crippen LogP contribution in [-0.4, -0.2) is 193 Å². The van der Waals surface area contributed by atoms with Crippen LogP contribution in [0.15, 0.2) is 36.5 Å².